The van der Waals surface area contributed by atoms with Crippen molar-refractivity contribution in [1.29, 1.82) is 0 Å². The van der Waals surface area contributed by atoms with Gasteiger partial charge in [0.2, 0.25) is 0 Å². The molecule has 3 N–H and O–H groups in total. The lowest BCUT2D eigenvalue weighted by Crippen LogP contribution is -2.29. The molecule has 0 bridgehead atoms. The van der Waals surface area contributed by atoms with Gasteiger partial charge in [-0.25, -0.2) is 0 Å². The van der Waals surface area contributed by atoms with E-state index in [1.165, 1.54) is 35.3 Å². The number of hydrazine groups is 1. The number of thioether (sulfide) groups is 1. The van der Waals surface area contributed by atoms with Gasteiger partial charge in [-0.2, -0.15) is 0 Å². The van der Waals surface area contributed by atoms with E-state index in [-0.39, 0.29) is 6.04 Å². The first kappa shape index (κ1) is 14.6. The van der Waals surface area contributed by atoms with Crippen molar-refractivity contribution < 1.29 is 0 Å². The van der Waals surface area contributed by atoms with Crippen LogP contribution in [0.25, 0.3) is 0 Å². The predicted molar refractivity (Wildman–Crippen MR) is 90.3 cm³/mol. The highest BCUT2D eigenvalue weighted by Gasteiger charge is 2.19. The fourth-order valence-electron chi connectivity index (χ4n) is 2.68. The second-order valence-corrected chi connectivity index (χ2v) is 6.73. The molecule has 0 saturated heterocycles. The molecule has 1 fully saturated rings. The van der Waals surface area contributed by atoms with E-state index in [1.807, 2.05) is 17.8 Å². The zero-order valence-corrected chi connectivity index (χ0v) is 13.0. The number of benzene rings is 2. The van der Waals surface area contributed by atoms with Crippen molar-refractivity contribution in [2.45, 2.75) is 36.1 Å². The summed E-state index contributed by atoms with van der Waals surface area (Å²) < 4.78 is 0. The average molecular weight is 298 g/mol. The molecule has 1 aliphatic rings. The van der Waals surface area contributed by atoms with Gasteiger partial charge in [-0.1, -0.05) is 48.9 Å². The van der Waals surface area contributed by atoms with Crippen LogP contribution in [0.5, 0.6) is 0 Å². The van der Waals surface area contributed by atoms with E-state index in [0.29, 0.717) is 0 Å². The third kappa shape index (κ3) is 3.67. The summed E-state index contributed by atoms with van der Waals surface area (Å²) in [6.07, 6.45) is 4.08. The van der Waals surface area contributed by atoms with Crippen LogP contribution in [-0.4, -0.2) is 5.75 Å². The number of nitrogens with two attached hydrogens (primary N) is 1. The largest absolute Gasteiger partial charge is 0.271 e. The third-order valence-corrected chi connectivity index (χ3v) is 5.38. The average Bonchev–Trinajstić information content (AvgIpc) is 2.49. The van der Waals surface area contributed by atoms with Crippen LogP contribution in [0.3, 0.4) is 0 Å². The molecule has 21 heavy (non-hydrogen) atoms. The van der Waals surface area contributed by atoms with Gasteiger partial charge in [-0.15, -0.1) is 11.8 Å². The lowest BCUT2D eigenvalue weighted by molar-refractivity contribution is 0.419. The molecule has 0 spiro atoms. The van der Waals surface area contributed by atoms with Gasteiger partial charge in [0.25, 0.3) is 0 Å². The molecule has 1 unspecified atom stereocenters. The quantitative estimate of drug-likeness (QED) is 0.475. The van der Waals surface area contributed by atoms with Crippen LogP contribution in [0.1, 0.15) is 42.3 Å². The molecular formula is C18H22N2S. The molecule has 0 heterocycles. The van der Waals surface area contributed by atoms with E-state index in [2.05, 4.69) is 54.0 Å². The second-order valence-electron chi connectivity index (χ2n) is 5.64. The Kier molecular flexibility index (Phi) is 4.96. The van der Waals surface area contributed by atoms with Gasteiger partial charge in [-0.05, 0) is 42.0 Å². The highest BCUT2D eigenvalue weighted by molar-refractivity contribution is 7.99. The van der Waals surface area contributed by atoms with Crippen LogP contribution in [-0.2, 0) is 0 Å². The maximum Gasteiger partial charge on any atom is 0.0553 e. The minimum Gasteiger partial charge on any atom is -0.271 e. The van der Waals surface area contributed by atoms with Gasteiger partial charge in [-0.3, -0.25) is 11.3 Å². The Labute approximate surface area is 131 Å². The molecule has 1 aliphatic carbocycles. The summed E-state index contributed by atoms with van der Waals surface area (Å²) in [7, 11) is 0. The number of rotatable bonds is 6. The Morgan fingerprint density at radius 2 is 1.76 bits per heavy atom. The van der Waals surface area contributed by atoms with Crippen LogP contribution in [0, 0.1) is 0 Å². The lowest BCUT2D eigenvalue weighted by Gasteiger charge is -2.26. The summed E-state index contributed by atoms with van der Waals surface area (Å²) in [5.74, 6) is 7.47. The first-order valence-electron chi connectivity index (χ1n) is 7.60. The van der Waals surface area contributed by atoms with Crippen molar-refractivity contribution in [3.05, 3.63) is 65.7 Å². The van der Waals surface area contributed by atoms with Crippen molar-refractivity contribution in [1.82, 2.24) is 5.43 Å². The molecule has 3 rings (SSSR count). The van der Waals surface area contributed by atoms with E-state index >= 15 is 0 Å². The molecule has 3 heteroatoms. The molecule has 2 aromatic carbocycles. The Balaban J connectivity index is 1.62. The number of nitrogens with one attached hydrogen (secondary N) is 1. The third-order valence-electron chi connectivity index (χ3n) is 4.28. The summed E-state index contributed by atoms with van der Waals surface area (Å²) in [4.78, 5) is 1.28. The van der Waals surface area contributed by atoms with Crippen LogP contribution in [0.4, 0.5) is 0 Å². The SMILES string of the molecule is NNC(CSc1ccccc1)c1ccc(C2CCC2)cc1. The number of hydrogen-bond acceptors (Lipinski definition) is 3. The molecule has 1 atom stereocenters. The van der Waals surface area contributed by atoms with E-state index in [0.717, 1.165) is 11.7 Å². The van der Waals surface area contributed by atoms with Crippen molar-refractivity contribution >= 4 is 11.8 Å². The van der Waals surface area contributed by atoms with Crippen LogP contribution >= 0.6 is 11.8 Å². The van der Waals surface area contributed by atoms with Crippen LogP contribution in [0.15, 0.2) is 59.5 Å². The first-order chi connectivity index (χ1) is 10.4. The van der Waals surface area contributed by atoms with Crippen LogP contribution in [0.2, 0.25) is 0 Å². The van der Waals surface area contributed by atoms with Crippen molar-refractivity contribution in [2.24, 2.45) is 5.84 Å². The monoisotopic (exact) mass is 298 g/mol. The summed E-state index contributed by atoms with van der Waals surface area (Å²) in [6, 6.07) is 19.6. The molecule has 110 valence electrons. The minimum absolute atomic E-state index is 0.186. The highest BCUT2D eigenvalue weighted by atomic mass is 32.2. The van der Waals surface area contributed by atoms with Crippen LogP contribution < -0.4 is 11.3 Å². The standard InChI is InChI=1S/C18H22N2S/c19-20-18(13-21-17-7-2-1-3-8-17)16-11-9-15(10-12-16)14-5-4-6-14/h1-3,7-12,14,18,20H,4-6,13,19H2. The topological polar surface area (TPSA) is 38.0 Å². The van der Waals surface area contributed by atoms with E-state index < -0.39 is 0 Å². The predicted octanol–water partition coefficient (Wildman–Crippen LogP) is 4.25. The highest BCUT2D eigenvalue weighted by Crippen LogP contribution is 2.36. The zero-order chi connectivity index (χ0) is 14.5. The Morgan fingerprint density at radius 1 is 1.05 bits per heavy atom. The fourth-order valence-corrected chi connectivity index (χ4v) is 3.68. The summed E-state index contributed by atoms with van der Waals surface area (Å²) in [5, 5.41) is 0. The van der Waals surface area contributed by atoms with Crippen molar-refractivity contribution in [3.63, 3.8) is 0 Å². The van der Waals surface area contributed by atoms with Crippen molar-refractivity contribution in [2.75, 3.05) is 5.75 Å². The Bertz CT molecular complexity index is 549. The zero-order valence-electron chi connectivity index (χ0n) is 12.2. The van der Waals surface area contributed by atoms with Gasteiger partial charge in [0.15, 0.2) is 0 Å². The number of hydrogen-bond donors (Lipinski definition) is 2. The molecule has 0 aliphatic heterocycles. The normalized spacial score (nSPS) is 16.4. The molecule has 0 amide bonds. The summed E-state index contributed by atoms with van der Waals surface area (Å²) in [6.45, 7) is 0. The second kappa shape index (κ2) is 7.12. The van der Waals surface area contributed by atoms with Gasteiger partial charge >= 0.3 is 0 Å². The van der Waals surface area contributed by atoms with Gasteiger partial charge in [0, 0.05) is 10.6 Å². The smallest absolute Gasteiger partial charge is 0.0553 e. The minimum atomic E-state index is 0.186. The van der Waals surface area contributed by atoms with Crippen molar-refractivity contribution in [3.8, 4) is 0 Å². The summed E-state index contributed by atoms with van der Waals surface area (Å²) in [5.41, 5.74) is 5.69. The molecule has 2 nitrogen and oxygen atoms in total. The van der Waals surface area contributed by atoms with Gasteiger partial charge in [0.05, 0.1) is 6.04 Å². The first-order valence-corrected chi connectivity index (χ1v) is 8.59. The maximum atomic E-state index is 5.74. The molecular weight excluding hydrogens is 276 g/mol. The van der Waals surface area contributed by atoms with E-state index in [1.54, 1.807) is 0 Å². The molecule has 2 aromatic rings. The molecule has 0 aromatic heterocycles. The van der Waals surface area contributed by atoms with E-state index in [9.17, 15) is 0 Å². The van der Waals surface area contributed by atoms with Gasteiger partial charge < -0.3 is 0 Å². The maximum absolute atomic E-state index is 5.74. The molecule has 1 saturated carbocycles. The molecule has 0 radical (unpaired) electrons. The Hall–Kier alpha value is -1.29. The lowest BCUT2D eigenvalue weighted by atomic mass is 9.80. The summed E-state index contributed by atoms with van der Waals surface area (Å²) >= 11 is 1.83. The Morgan fingerprint density at radius 3 is 2.33 bits per heavy atom. The fraction of sp³-hybridized carbons (Fsp3) is 0.333. The van der Waals surface area contributed by atoms with Gasteiger partial charge in [0.1, 0.15) is 0 Å². The van der Waals surface area contributed by atoms with E-state index in [4.69, 9.17) is 5.84 Å².